The Balaban J connectivity index is 2.77. The van der Waals surface area contributed by atoms with Gasteiger partial charge in [0.25, 0.3) is 0 Å². The lowest BCUT2D eigenvalue weighted by atomic mass is 10.1. The van der Waals surface area contributed by atoms with Gasteiger partial charge in [-0.15, -0.1) is 0 Å². The van der Waals surface area contributed by atoms with E-state index in [-0.39, 0.29) is 0 Å². The molecule has 0 amide bonds. The first-order chi connectivity index (χ1) is 9.24. The molecule has 19 heavy (non-hydrogen) atoms. The zero-order valence-electron chi connectivity index (χ0n) is 12.2. The van der Waals surface area contributed by atoms with E-state index in [0.29, 0.717) is 6.04 Å². The van der Waals surface area contributed by atoms with Crippen molar-refractivity contribution >= 4 is 0 Å². The second-order valence-corrected chi connectivity index (χ2v) is 4.75. The lowest BCUT2D eigenvalue weighted by molar-refractivity contribution is 0.110. The van der Waals surface area contributed by atoms with Crippen LogP contribution in [0.3, 0.4) is 0 Å². The summed E-state index contributed by atoms with van der Waals surface area (Å²) in [5.74, 6) is 0. The van der Waals surface area contributed by atoms with Crippen molar-refractivity contribution in [2.24, 2.45) is 0 Å². The average molecular weight is 260 g/mol. The highest BCUT2D eigenvalue weighted by molar-refractivity contribution is 5.32. The van der Waals surface area contributed by atoms with Gasteiger partial charge in [-0.25, -0.2) is 0 Å². The molecule has 1 aromatic rings. The monoisotopic (exact) mass is 260 g/mol. The highest BCUT2D eigenvalue weighted by atomic mass is 16.5. The molecule has 0 saturated heterocycles. The highest BCUT2D eigenvalue weighted by Crippen LogP contribution is 2.14. The Morgan fingerprint density at radius 2 is 2.05 bits per heavy atom. The Labute approximate surface area is 116 Å². The lowest BCUT2D eigenvalue weighted by Crippen LogP contribution is -2.36. The standard InChI is InChI=1S/C16H24N2O/c1-4-16(5-2)18(9-10-19-3)13-15-8-6-7-14(11-15)12-17/h6-8,11,16H,4-5,9-10,13H2,1-3H3. The van der Waals surface area contributed by atoms with E-state index >= 15 is 0 Å². The first kappa shape index (κ1) is 15.7. The maximum absolute atomic E-state index is 8.96. The van der Waals surface area contributed by atoms with Crippen molar-refractivity contribution in [3.8, 4) is 6.07 Å². The molecule has 0 aliphatic carbocycles. The summed E-state index contributed by atoms with van der Waals surface area (Å²) in [6.45, 7) is 7.00. The van der Waals surface area contributed by atoms with Crippen LogP contribution < -0.4 is 0 Å². The Morgan fingerprint density at radius 1 is 1.32 bits per heavy atom. The van der Waals surface area contributed by atoms with E-state index in [1.807, 2.05) is 18.2 Å². The average Bonchev–Trinajstić information content (AvgIpc) is 2.46. The molecule has 0 fully saturated rings. The lowest BCUT2D eigenvalue weighted by Gasteiger charge is -2.30. The molecule has 3 heteroatoms. The van der Waals surface area contributed by atoms with Crippen LogP contribution in [-0.2, 0) is 11.3 Å². The van der Waals surface area contributed by atoms with E-state index in [2.05, 4.69) is 30.9 Å². The minimum atomic E-state index is 0.570. The number of nitrogens with zero attached hydrogens (tertiary/aromatic N) is 2. The Kier molecular flexibility index (Phi) is 7.17. The SMILES string of the molecule is CCC(CC)N(CCOC)Cc1cccc(C#N)c1. The fourth-order valence-corrected chi connectivity index (χ4v) is 2.38. The smallest absolute Gasteiger partial charge is 0.0991 e. The van der Waals surface area contributed by atoms with Gasteiger partial charge in [0, 0.05) is 26.2 Å². The van der Waals surface area contributed by atoms with Crippen LogP contribution >= 0.6 is 0 Å². The fourth-order valence-electron chi connectivity index (χ4n) is 2.38. The minimum absolute atomic E-state index is 0.570. The van der Waals surface area contributed by atoms with Crippen LogP contribution in [-0.4, -0.2) is 31.2 Å². The molecule has 0 aromatic heterocycles. The molecule has 1 rings (SSSR count). The van der Waals surface area contributed by atoms with Crippen LogP contribution in [0.2, 0.25) is 0 Å². The minimum Gasteiger partial charge on any atom is -0.383 e. The summed E-state index contributed by atoms with van der Waals surface area (Å²) in [5, 5.41) is 8.96. The van der Waals surface area contributed by atoms with E-state index in [0.717, 1.165) is 38.1 Å². The van der Waals surface area contributed by atoms with Gasteiger partial charge in [0.05, 0.1) is 18.2 Å². The Hall–Kier alpha value is -1.37. The highest BCUT2D eigenvalue weighted by Gasteiger charge is 2.15. The molecular weight excluding hydrogens is 236 g/mol. The molecule has 0 N–H and O–H groups in total. The summed E-state index contributed by atoms with van der Waals surface area (Å²) in [6, 6.07) is 10.6. The summed E-state index contributed by atoms with van der Waals surface area (Å²) < 4.78 is 5.20. The Bertz CT molecular complexity index is 407. The van der Waals surface area contributed by atoms with Gasteiger partial charge in [-0.2, -0.15) is 5.26 Å². The number of benzene rings is 1. The quantitative estimate of drug-likeness (QED) is 0.720. The molecule has 3 nitrogen and oxygen atoms in total. The van der Waals surface area contributed by atoms with Crippen molar-refractivity contribution in [1.29, 1.82) is 5.26 Å². The molecule has 0 aliphatic rings. The van der Waals surface area contributed by atoms with Crippen molar-refractivity contribution in [2.75, 3.05) is 20.3 Å². The molecule has 0 atom stereocenters. The van der Waals surface area contributed by atoms with Crippen molar-refractivity contribution in [3.05, 3.63) is 35.4 Å². The van der Waals surface area contributed by atoms with Crippen molar-refractivity contribution in [2.45, 2.75) is 39.3 Å². The third-order valence-corrected chi connectivity index (χ3v) is 3.48. The van der Waals surface area contributed by atoms with Gasteiger partial charge in [0.1, 0.15) is 0 Å². The molecule has 0 aliphatic heterocycles. The summed E-state index contributed by atoms with van der Waals surface area (Å²) in [7, 11) is 1.74. The van der Waals surface area contributed by atoms with E-state index in [1.165, 1.54) is 5.56 Å². The predicted molar refractivity (Wildman–Crippen MR) is 77.8 cm³/mol. The number of methoxy groups -OCH3 is 1. The number of hydrogen-bond acceptors (Lipinski definition) is 3. The Morgan fingerprint density at radius 3 is 2.63 bits per heavy atom. The molecule has 0 unspecified atom stereocenters. The number of rotatable bonds is 8. The normalized spacial score (nSPS) is 10.9. The van der Waals surface area contributed by atoms with Crippen LogP contribution in [0.5, 0.6) is 0 Å². The van der Waals surface area contributed by atoms with Crippen LogP contribution in [0.25, 0.3) is 0 Å². The summed E-state index contributed by atoms with van der Waals surface area (Å²) in [5.41, 5.74) is 1.93. The summed E-state index contributed by atoms with van der Waals surface area (Å²) in [4.78, 5) is 2.44. The third kappa shape index (κ3) is 5.02. The van der Waals surface area contributed by atoms with Gasteiger partial charge in [0.2, 0.25) is 0 Å². The molecule has 0 heterocycles. The zero-order chi connectivity index (χ0) is 14.1. The van der Waals surface area contributed by atoms with E-state index in [4.69, 9.17) is 10.00 Å². The largest absolute Gasteiger partial charge is 0.383 e. The summed E-state index contributed by atoms with van der Waals surface area (Å²) in [6.07, 6.45) is 2.27. The van der Waals surface area contributed by atoms with Crippen molar-refractivity contribution in [3.63, 3.8) is 0 Å². The number of nitriles is 1. The third-order valence-electron chi connectivity index (χ3n) is 3.48. The zero-order valence-corrected chi connectivity index (χ0v) is 12.2. The van der Waals surface area contributed by atoms with Gasteiger partial charge in [-0.3, -0.25) is 4.90 Å². The van der Waals surface area contributed by atoms with E-state index < -0.39 is 0 Å². The second kappa shape index (κ2) is 8.68. The maximum atomic E-state index is 8.96. The van der Waals surface area contributed by atoms with E-state index in [9.17, 15) is 0 Å². The van der Waals surface area contributed by atoms with Crippen LogP contribution in [0, 0.1) is 11.3 Å². The van der Waals surface area contributed by atoms with Crippen molar-refractivity contribution in [1.82, 2.24) is 4.90 Å². The fraction of sp³-hybridized carbons (Fsp3) is 0.562. The number of hydrogen-bond donors (Lipinski definition) is 0. The van der Waals surface area contributed by atoms with Crippen LogP contribution in [0.1, 0.15) is 37.8 Å². The second-order valence-electron chi connectivity index (χ2n) is 4.75. The predicted octanol–water partition coefficient (Wildman–Crippen LogP) is 3.20. The van der Waals surface area contributed by atoms with Gasteiger partial charge in [-0.1, -0.05) is 26.0 Å². The maximum Gasteiger partial charge on any atom is 0.0991 e. The molecule has 0 bridgehead atoms. The molecule has 0 saturated carbocycles. The van der Waals surface area contributed by atoms with Crippen LogP contribution in [0.4, 0.5) is 0 Å². The van der Waals surface area contributed by atoms with Gasteiger partial charge in [-0.05, 0) is 30.5 Å². The summed E-state index contributed by atoms with van der Waals surface area (Å²) >= 11 is 0. The van der Waals surface area contributed by atoms with Crippen molar-refractivity contribution < 1.29 is 4.74 Å². The van der Waals surface area contributed by atoms with Crippen LogP contribution in [0.15, 0.2) is 24.3 Å². The first-order valence-corrected chi connectivity index (χ1v) is 6.97. The molecule has 1 aromatic carbocycles. The molecule has 0 radical (unpaired) electrons. The topological polar surface area (TPSA) is 36.3 Å². The number of ether oxygens (including phenoxy) is 1. The molecule has 0 spiro atoms. The van der Waals surface area contributed by atoms with Gasteiger partial charge >= 0.3 is 0 Å². The van der Waals surface area contributed by atoms with Gasteiger partial charge in [0.15, 0.2) is 0 Å². The molecular formula is C16H24N2O. The van der Waals surface area contributed by atoms with Gasteiger partial charge < -0.3 is 4.74 Å². The first-order valence-electron chi connectivity index (χ1n) is 6.97. The molecule has 104 valence electrons. The van der Waals surface area contributed by atoms with E-state index in [1.54, 1.807) is 7.11 Å².